The first kappa shape index (κ1) is 20.8. The van der Waals surface area contributed by atoms with E-state index in [9.17, 15) is 18.8 Å². The predicted octanol–water partition coefficient (Wildman–Crippen LogP) is 3.68. The highest BCUT2D eigenvalue weighted by Crippen LogP contribution is 2.59. The third-order valence-corrected chi connectivity index (χ3v) is 7.89. The summed E-state index contributed by atoms with van der Waals surface area (Å²) in [5, 5.41) is 12.9. The van der Waals surface area contributed by atoms with E-state index in [2.05, 4.69) is 11.4 Å². The smallest absolute Gasteiger partial charge is 0.237 e. The monoisotopic (exact) mass is 429 g/mol. The zero-order chi connectivity index (χ0) is 21.6. The van der Waals surface area contributed by atoms with Gasteiger partial charge in [-0.3, -0.25) is 4.79 Å². The maximum absolute atomic E-state index is 14.1. The van der Waals surface area contributed by atoms with Crippen LogP contribution in [0.2, 0.25) is 0 Å². The Morgan fingerprint density at radius 3 is 2.74 bits per heavy atom. The fourth-order valence-corrected chi connectivity index (χ4v) is 6.99. The minimum Gasteiger partial charge on any atom is -0.370 e. The molecule has 5 nitrogen and oxygen atoms in total. The minimum atomic E-state index is -0.583. The number of hydrogen-bond donors (Lipinski definition) is 1. The van der Waals surface area contributed by atoms with Gasteiger partial charge in [0.1, 0.15) is 17.7 Å². The number of carbonyl (C=O) groups is 1. The van der Waals surface area contributed by atoms with Crippen LogP contribution in [0.15, 0.2) is 18.2 Å². The minimum absolute atomic E-state index is 0.00291. The van der Waals surface area contributed by atoms with Gasteiger partial charge in [-0.15, -0.1) is 0 Å². The van der Waals surface area contributed by atoms with E-state index < -0.39 is 11.6 Å². The molecule has 5 fully saturated rings. The number of hydrogen-bond acceptors (Lipinski definition) is 4. The van der Waals surface area contributed by atoms with E-state index in [-0.39, 0.29) is 36.2 Å². The number of nitriles is 1. The third kappa shape index (κ3) is 3.96. The van der Waals surface area contributed by atoms with Crippen LogP contribution in [0.5, 0.6) is 0 Å². The predicted molar refractivity (Wildman–Crippen MR) is 110 cm³/mol. The summed E-state index contributed by atoms with van der Waals surface area (Å²) in [4.78, 5) is 14.5. The van der Waals surface area contributed by atoms with Crippen LogP contribution >= 0.6 is 0 Å². The molecule has 5 aliphatic rings. The number of nitrogens with one attached hydrogen (secondary N) is 1. The van der Waals surface area contributed by atoms with E-state index in [0.717, 1.165) is 51.0 Å². The Morgan fingerprint density at radius 2 is 2.03 bits per heavy atom. The molecule has 1 N–H and O–H groups in total. The number of nitrogens with zero attached hydrogens (tertiary/aromatic N) is 2. The highest BCUT2D eigenvalue weighted by Gasteiger charge is 2.58. The summed E-state index contributed by atoms with van der Waals surface area (Å²) in [5.74, 6) is -0.0643. The van der Waals surface area contributed by atoms with Crippen molar-refractivity contribution in [3.05, 3.63) is 35.4 Å². The van der Waals surface area contributed by atoms with Crippen molar-refractivity contribution in [3.63, 3.8) is 0 Å². The maximum atomic E-state index is 14.1. The van der Waals surface area contributed by atoms with Gasteiger partial charge in [-0.1, -0.05) is 6.07 Å². The average Bonchev–Trinajstić information content (AvgIpc) is 3.19. The van der Waals surface area contributed by atoms with Gasteiger partial charge in [-0.2, -0.15) is 5.26 Å². The molecule has 0 radical (unpaired) electrons. The van der Waals surface area contributed by atoms with Crippen LogP contribution in [0.4, 0.5) is 8.78 Å². The SMILES string of the molecule is N#C[C@@H]1CCCN1C(=O)CNC12CC3CC(C1)CC(OCc1ccc(F)cc1F)(C3)C2. The summed E-state index contributed by atoms with van der Waals surface area (Å²) in [7, 11) is 0. The molecule has 4 bridgehead atoms. The normalized spacial score (nSPS) is 36.0. The van der Waals surface area contributed by atoms with Crippen LogP contribution in [0.25, 0.3) is 0 Å². The van der Waals surface area contributed by atoms with Gasteiger partial charge >= 0.3 is 0 Å². The third-order valence-electron chi connectivity index (χ3n) is 7.89. The van der Waals surface area contributed by atoms with E-state index in [4.69, 9.17) is 4.74 Å². The van der Waals surface area contributed by atoms with Crippen molar-refractivity contribution in [2.24, 2.45) is 11.8 Å². The standard InChI is InChI=1S/C24H29F2N3O2/c25-19-4-3-18(21(26)7-19)14-31-24-10-16-6-17(11-24)9-23(8-16,15-24)28-13-22(30)29-5-1-2-20(29)12-27/h3-4,7,16-17,20,28H,1-2,5-6,8-11,13-15H2/t16?,17?,20-,23?,24?/m0/s1. The molecule has 1 saturated heterocycles. The highest BCUT2D eigenvalue weighted by atomic mass is 19.1. The molecule has 3 atom stereocenters. The van der Waals surface area contributed by atoms with Crippen molar-refractivity contribution in [2.45, 2.75) is 75.2 Å². The van der Waals surface area contributed by atoms with Gasteiger partial charge in [-0.25, -0.2) is 8.78 Å². The average molecular weight is 430 g/mol. The molecule has 1 aromatic rings. The molecule has 0 spiro atoms. The molecule has 1 aliphatic heterocycles. The number of carbonyl (C=O) groups excluding carboxylic acids is 1. The Labute approximate surface area is 181 Å². The molecule has 0 aromatic heterocycles. The van der Waals surface area contributed by atoms with E-state index in [1.807, 2.05) is 0 Å². The summed E-state index contributed by atoms with van der Waals surface area (Å²) >= 11 is 0. The van der Waals surface area contributed by atoms with Crippen molar-refractivity contribution in [2.75, 3.05) is 13.1 Å². The fourth-order valence-electron chi connectivity index (χ4n) is 6.99. The topological polar surface area (TPSA) is 65.4 Å². The molecular weight excluding hydrogens is 400 g/mol. The van der Waals surface area contributed by atoms with E-state index in [0.29, 0.717) is 23.9 Å². The van der Waals surface area contributed by atoms with Gasteiger partial charge in [0, 0.05) is 23.7 Å². The van der Waals surface area contributed by atoms with Crippen molar-refractivity contribution in [1.29, 1.82) is 5.26 Å². The lowest BCUT2D eigenvalue weighted by Crippen LogP contribution is -2.66. The first-order valence-corrected chi connectivity index (χ1v) is 11.4. The molecule has 166 valence electrons. The van der Waals surface area contributed by atoms with Crippen molar-refractivity contribution < 1.29 is 18.3 Å². The molecule has 1 heterocycles. The zero-order valence-corrected chi connectivity index (χ0v) is 17.7. The summed E-state index contributed by atoms with van der Waals surface area (Å²) in [5.41, 5.74) is -0.0712. The van der Waals surface area contributed by atoms with Gasteiger partial charge in [0.05, 0.1) is 24.8 Å². The Hall–Kier alpha value is -2.04. The Balaban J connectivity index is 1.26. The fraction of sp³-hybridized carbons (Fsp3) is 0.667. The first-order valence-electron chi connectivity index (χ1n) is 11.4. The van der Waals surface area contributed by atoms with Gasteiger partial charge in [0.15, 0.2) is 0 Å². The first-order chi connectivity index (χ1) is 14.9. The van der Waals surface area contributed by atoms with Crippen molar-refractivity contribution in [3.8, 4) is 6.07 Å². The van der Waals surface area contributed by atoms with Crippen LogP contribution < -0.4 is 5.32 Å². The number of likely N-dealkylation sites (tertiary alicyclic amines) is 1. The van der Waals surface area contributed by atoms with E-state index in [1.54, 1.807) is 4.90 Å². The molecule has 4 aliphatic carbocycles. The van der Waals surface area contributed by atoms with Crippen LogP contribution in [-0.4, -0.2) is 41.1 Å². The molecule has 6 rings (SSSR count). The molecule has 2 unspecified atom stereocenters. The van der Waals surface area contributed by atoms with Gasteiger partial charge < -0.3 is 15.0 Å². The number of halogens is 2. The number of rotatable bonds is 6. The van der Waals surface area contributed by atoms with Crippen LogP contribution in [0, 0.1) is 34.8 Å². The van der Waals surface area contributed by atoms with Crippen LogP contribution in [-0.2, 0) is 16.1 Å². The van der Waals surface area contributed by atoms with Gasteiger partial charge in [0.25, 0.3) is 0 Å². The lowest BCUT2D eigenvalue weighted by atomic mass is 9.51. The Morgan fingerprint density at radius 1 is 1.26 bits per heavy atom. The van der Waals surface area contributed by atoms with Crippen molar-refractivity contribution in [1.82, 2.24) is 10.2 Å². The summed E-state index contributed by atoms with van der Waals surface area (Å²) in [6.45, 7) is 1.05. The summed E-state index contributed by atoms with van der Waals surface area (Å²) in [6.07, 6.45) is 7.65. The van der Waals surface area contributed by atoms with E-state index in [1.165, 1.54) is 18.6 Å². The van der Waals surface area contributed by atoms with Crippen LogP contribution in [0.1, 0.15) is 56.9 Å². The number of benzene rings is 1. The summed E-state index contributed by atoms with van der Waals surface area (Å²) < 4.78 is 33.7. The Bertz CT molecular complexity index is 901. The maximum Gasteiger partial charge on any atom is 0.237 e. The molecule has 1 aromatic carbocycles. The molecule has 7 heteroatoms. The second kappa shape index (κ2) is 7.83. The highest BCUT2D eigenvalue weighted by molar-refractivity contribution is 5.79. The zero-order valence-electron chi connectivity index (χ0n) is 17.7. The van der Waals surface area contributed by atoms with Crippen molar-refractivity contribution >= 4 is 5.91 Å². The molecular formula is C24H29F2N3O2. The van der Waals surface area contributed by atoms with Gasteiger partial charge in [0.2, 0.25) is 5.91 Å². The quantitative estimate of drug-likeness (QED) is 0.749. The number of ether oxygens (including phenoxy) is 1. The molecule has 1 amide bonds. The molecule has 4 saturated carbocycles. The van der Waals surface area contributed by atoms with E-state index >= 15 is 0 Å². The largest absolute Gasteiger partial charge is 0.370 e. The summed E-state index contributed by atoms with van der Waals surface area (Å²) in [6, 6.07) is 5.57. The Kier molecular flexibility index (Phi) is 5.26. The second-order valence-corrected chi connectivity index (χ2v) is 10.2. The number of amides is 1. The second-order valence-electron chi connectivity index (χ2n) is 10.2. The lowest BCUT2D eigenvalue weighted by molar-refractivity contribution is -0.182. The lowest BCUT2D eigenvalue weighted by Gasteiger charge is -2.62. The van der Waals surface area contributed by atoms with Gasteiger partial charge in [-0.05, 0) is 69.3 Å². The van der Waals surface area contributed by atoms with Crippen LogP contribution in [0.3, 0.4) is 0 Å². The molecule has 31 heavy (non-hydrogen) atoms.